The molecule has 0 aliphatic heterocycles. The van der Waals surface area contributed by atoms with Gasteiger partial charge in [-0.1, -0.05) is 34.1 Å². The van der Waals surface area contributed by atoms with Crippen LogP contribution in [0.2, 0.25) is 0 Å². The normalized spacial score (nSPS) is 12.6. The van der Waals surface area contributed by atoms with Gasteiger partial charge in [0.15, 0.2) is 0 Å². The minimum absolute atomic E-state index is 0.384. The molecule has 0 saturated heterocycles. The standard InChI is InChI=1S/C17H22BrN3/c1-19-17(15-5-7-16(18)8-6-15)9-11-21(2)13-14-4-3-10-20-12-14/h3-8,10,12,17,19H,9,11,13H2,1-2H3. The molecule has 2 rings (SSSR count). The Bertz CT molecular complexity index is 527. The highest BCUT2D eigenvalue weighted by molar-refractivity contribution is 9.10. The van der Waals surface area contributed by atoms with Crippen molar-refractivity contribution in [3.05, 3.63) is 64.4 Å². The van der Waals surface area contributed by atoms with Crippen LogP contribution in [0, 0.1) is 0 Å². The fourth-order valence-corrected chi connectivity index (χ4v) is 2.67. The molecule has 0 amide bonds. The smallest absolute Gasteiger partial charge is 0.0329 e. The molecule has 0 bridgehead atoms. The van der Waals surface area contributed by atoms with E-state index in [0.717, 1.165) is 24.0 Å². The van der Waals surface area contributed by atoms with E-state index in [1.807, 2.05) is 25.5 Å². The molecule has 4 heteroatoms. The minimum atomic E-state index is 0.384. The Labute approximate surface area is 135 Å². The molecule has 1 atom stereocenters. The van der Waals surface area contributed by atoms with E-state index in [-0.39, 0.29) is 0 Å². The van der Waals surface area contributed by atoms with Crippen molar-refractivity contribution in [1.82, 2.24) is 15.2 Å². The summed E-state index contributed by atoms with van der Waals surface area (Å²) >= 11 is 3.48. The second-order valence-electron chi connectivity index (χ2n) is 5.28. The van der Waals surface area contributed by atoms with Crippen LogP contribution >= 0.6 is 15.9 Å². The van der Waals surface area contributed by atoms with E-state index in [2.05, 4.69) is 68.5 Å². The molecule has 0 aliphatic rings. The van der Waals surface area contributed by atoms with Gasteiger partial charge in [0, 0.05) is 29.5 Å². The zero-order valence-electron chi connectivity index (χ0n) is 12.6. The zero-order valence-corrected chi connectivity index (χ0v) is 14.2. The molecule has 1 N–H and O–H groups in total. The van der Waals surface area contributed by atoms with Crippen LogP contribution in [0.25, 0.3) is 0 Å². The number of hydrogen-bond acceptors (Lipinski definition) is 3. The maximum Gasteiger partial charge on any atom is 0.0329 e. The summed E-state index contributed by atoms with van der Waals surface area (Å²) in [6.07, 6.45) is 4.82. The number of nitrogens with zero attached hydrogens (tertiary/aromatic N) is 2. The Kier molecular flexibility index (Phi) is 6.36. The van der Waals surface area contributed by atoms with Crippen molar-refractivity contribution in [2.75, 3.05) is 20.6 Å². The van der Waals surface area contributed by atoms with Gasteiger partial charge in [0.25, 0.3) is 0 Å². The summed E-state index contributed by atoms with van der Waals surface area (Å²) in [5, 5.41) is 3.40. The maximum atomic E-state index is 4.16. The summed E-state index contributed by atoms with van der Waals surface area (Å²) in [5.41, 5.74) is 2.58. The van der Waals surface area contributed by atoms with E-state index in [9.17, 15) is 0 Å². The lowest BCUT2D eigenvalue weighted by Gasteiger charge is -2.22. The second-order valence-corrected chi connectivity index (χ2v) is 6.20. The predicted molar refractivity (Wildman–Crippen MR) is 91.1 cm³/mol. The van der Waals surface area contributed by atoms with Crippen LogP contribution in [-0.4, -0.2) is 30.5 Å². The fraction of sp³-hybridized carbons (Fsp3) is 0.353. The van der Waals surface area contributed by atoms with Crippen molar-refractivity contribution >= 4 is 15.9 Å². The highest BCUT2D eigenvalue weighted by atomic mass is 79.9. The lowest BCUT2D eigenvalue weighted by Crippen LogP contribution is -2.25. The molecule has 0 spiro atoms. The second kappa shape index (κ2) is 8.27. The molecule has 0 radical (unpaired) electrons. The van der Waals surface area contributed by atoms with Crippen LogP contribution < -0.4 is 5.32 Å². The highest BCUT2D eigenvalue weighted by Gasteiger charge is 2.10. The number of hydrogen-bond donors (Lipinski definition) is 1. The quantitative estimate of drug-likeness (QED) is 0.828. The van der Waals surface area contributed by atoms with Crippen molar-refractivity contribution in [1.29, 1.82) is 0 Å². The summed E-state index contributed by atoms with van der Waals surface area (Å²) in [6.45, 7) is 1.97. The lowest BCUT2D eigenvalue weighted by molar-refractivity contribution is 0.303. The first kappa shape index (κ1) is 16.1. The molecule has 0 saturated carbocycles. The summed E-state index contributed by atoms with van der Waals surface area (Å²) in [5.74, 6) is 0. The number of nitrogens with one attached hydrogen (secondary N) is 1. The first-order chi connectivity index (χ1) is 10.2. The van der Waals surface area contributed by atoms with Gasteiger partial charge in [-0.15, -0.1) is 0 Å². The molecule has 21 heavy (non-hydrogen) atoms. The van der Waals surface area contributed by atoms with Gasteiger partial charge in [0.05, 0.1) is 0 Å². The Balaban J connectivity index is 1.86. The number of halogens is 1. The van der Waals surface area contributed by atoms with E-state index in [1.54, 1.807) is 0 Å². The number of pyridine rings is 1. The average molecular weight is 348 g/mol. The molecule has 0 aliphatic carbocycles. The molecule has 1 aromatic carbocycles. The topological polar surface area (TPSA) is 28.2 Å². The molecule has 1 heterocycles. The summed E-state index contributed by atoms with van der Waals surface area (Å²) in [4.78, 5) is 6.50. The van der Waals surface area contributed by atoms with Crippen molar-refractivity contribution in [2.24, 2.45) is 0 Å². The van der Waals surface area contributed by atoms with Crippen molar-refractivity contribution in [3.63, 3.8) is 0 Å². The lowest BCUT2D eigenvalue weighted by atomic mass is 10.0. The zero-order chi connectivity index (χ0) is 15.1. The summed E-state index contributed by atoms with van der Waals surface area (Å²) in [6, 6.07) is 13.0. The van der Waals surface area contributed by atoms with Gasteiger partial charge >= 0.3 is 0 Å². The van der Waals surface area contributed by atoms with Gasteiger partial charge in [-0.3, -0.25) is 4.98 Å². The van der Waals surface area contributed by atoms with Crippen LogP contribution in [0.15, 0.2) is 53.3 Å². The Morgan fingerprint density at radius 3 is 2.62 bits per heavy atom. The van der Waals surface area contributed by atoms with Crippen molar-refractivity contribution in [2.45, 2.75) is 19.0 Å². The van der Waals surface area contributed by atoms with Crippen molar-refractivity contribution < 1.29 is 0 Å². The number of rotatable bonds is 7. The van der Waals surface area contributed by atoms with E-state index >= 15 is 0 Å². The third-order valence-electron chi connectivity index (χ3n) is 3.60. The van der Waals surface area contributed by atoms with Gasteiger partial charge < -0.3 is 10.2 Å². The van der Waals surface area contributed by atoms with Crippen molar-refractivity contribution in [3.8, 4) is 0 Å². The first-order valence-corrected chi connectivity index (χ1v) is 7.98. The minimum Gasteiger partial charge on any atom is -0.313 e. The largest absolute Gasteiger partial charge is 0.313 e. The SMILES string of the molecule is CNC(CCN(C)Cc1cccnc1)c1ccc(Br)cc1. The van der Waals surface area contributed by atoms with Crippen LogP contribution in [0.1, 0.15) is 23.6 Å². The van der Waals surface area contributed by atoms with E-state index in [1.165, 1.54) is 11.1 Å². The molecule has 2 aromatic rings. The first-order valence-electron chi connectivity index (χ1n) is 7.19. The van der Waals surface area contributed by atoms with Crippen LogP contribution in [0.3, 0.4) is 0 Å². The van der Waals surface area contributed by atoms with Crippen LogP contribution in [0.4, 0.5) is 0 Å². The predicted octanol–water partition coefficient (Wildman–Crippen LogP) is 3.63. The third-order valence-corrected chi connectivity index (χ3v) is 4.12. The number of benzene rings is 1. The Hall–Kier alpha value is -1.23. The van der Waals surface area contributed by atoms with Crippen LogP contribution in [0.5, 0.6) is 0 Å². The Morgan fingerprint density at radius 1 is 1.24 bits per heavy atom. The Morgan fingerprint density at radius 2 is 2.00 bits per heavy atom. The van der Waals surface area contributed by atoms with Gasteiger partial charge in [-0.2, -0.15) is 0 Å². The monoisotopic (exact) mass is 347 g/mol. The highest BCUT2D eigenvalue weighted by Crippen LogP contribution is 2.19. The van der Waals surface area contributed by atoms with Gasteiger partial charge in [-0.05, 0) is 56.4 Å². The van der Waals surface area contributed by atoms with Gasteiger partial charge in [-0.25, -0.2) is 0 Å². The maximum absolute atomic E-state index is 4.16. The third kappa shape index (κ3) is 5.23. The molecule has 112 valence electrons. The number of aromatic nitrogens is 1. The summed E-state index contributed by atoms with van der Waals surface area (Å²) < 4.78 is 1.12. The molecule has 1 unspecified atom stereocenters. The molecular formula is C17H22BrN3. The molecule has 3 nitrogen and oxygen atoms in total. The van der Waals surface area contributed by atoms with E-state index in [4.69, 9.17) is 0 Å². The summed E-state index contributed by atoms with van der Waals surface area (Å²) in [7, 11) is 4.18. The van der Waals surface area contributed by atoms with Crippen LogP contribution in [-0.2, 0) is 6.54 Å². The fourth-order valence-electron chi connectivity index (χ4n) is 2.40. The van der Waals surface area contributed by atoms with E-state index in [0.29, 0.717) is 6.04 Å². The van der Waals surface area contributed by atoms with Gasteiger partial charge in [0.1, 0.15) is 0 Å². The molecule has 1 aromatic heterocycles. The average Bonchev–Trinajstić information content (AvgIpc) is 2.50. The van der Waals surface area contributed by atoms with E-state index < -0.39 is 0 Å². The van der Waals surface area contributed by atoms with Gasteiger partial charge in [0.2, 0.25) is 0 Å². The molecular weight excluding hydrogens is 326 g/mol. The molecule has 0 fully saturated rings.